The summed E-state index contributed by atoms with van der Waals surface area (Å²) in [4.78, 5) is 18.6. The smallest absolute Gasteiger partial charge is 0.270 e. The summed E-state index contributed by atoms with van der Waals surface area (Å²) >= 11 is 4.77. The Hall–Kier alpha value is -1.93. The van der Waals surface area contributed by atoms with E-state index in [1.165, 1.54) is 12.1 Å². The van der Waals surface area contributed by atoms with Crippen molar-refractivity contribution in [3.8, 4) is 0 Å². The number of sulfone groups is 1. The molecule has 0 unspecified atom stereocenters. The van der Waals surface area contributed by atoms with Crippen molar-refractivity contribution in [2.24, 2.45) is 0 Å². The number of aromatic nitrogens is 2. The van der Waals surface area contributed by atoms with Gasteiger partial charge in [0.1, 0.15) is 0 Å². The molecule has 22 heavy (non-hydrogen) atoms. The fourth-order valence-corrected chi connectivity index (χ4v) is 3.94. The van der Waals surface area contributed by atoms with Crippen molar-refractivity contribution in [1.82, 2.24) is 9.97 Å². The normalized spacial score (nSPS) is 15.2. The van der Waals surface area contributed by atoms with Gasteiger partial charge in [-0.1, -0.05) is 0 Å². The monoisotopic (exact) mass is 337 g/mol. The van der Waals surface area contributed by atoms with Gasteiger partial charge in [0.05, 0.1) is 4.90 Å². The topological polar surface area (TPSA) is 86.0 Å². The van der Waals surface area contributed by atoms with Crippen LogP contribution >= 0.6 is 12.2 Å². The quantitative estimate of drug-likeness (QED) is 0.835. The number of anilines is 1. The van der Waals surface area contributed by atoms with E-state index >= 15 is 0 Å². The third kappa shape index (κ3) is 2.71. The Bertz CT molecular complexity index is 892. The number of nitrogens with one attached hydrogen (secondary N) is 2. The van der Waals surface area contributed by atoms with Crippen molar-refractivity contribution in [1.29, 1.82) is 0 Å². The zero-order chi connectivity index (χ0) is 15.7. The van der Waals surface area contributed by atoms with Crippen LogP contribution in [0.4, 0.5) is 5.69 Å². The van der Waals surface area contributed by atoms with Gasteiger partial charge in [-0.2, -0.15) is 0 Å². The molecule has 0 amide bonds. The molecule has 0 spiro atoms. The summed E-state index contributed by atoms with van der Waals surface area (Å²) in [7, 11) is -3.87. The first-order valence-electron chi connectivity index (χ1n) is 6.90. The van der Waals surface area contributed by atoms with E-state index in [9.17, 15) is 13.2 Å². The third-order valence-corrected chi connectivity index (χ3v) is 5.69. The van der Waals surface area contributed by atoms with E-state index in [1.807, 2.05) is 0 Å². The van der Waals surface area contributed by atoms with Crippen LogP contribution in [0.3, 0.4) is 0 Å². The van der Waals surface area contributed by atoms with Gasteiger partial charge in [0, 0.05) is 25.0 Å². The predicted octanol–water partition coefficient (Wildman–Crippen LogP) is 1.87. The number of hydrogen-bond acceptors (Lipinski definition) is 5. The molecule has 3 rings (SSSR count). The Morgan fingerprint density at radius 1 is 1.09 bits per heavy atom. The molecule has 2 N–H and O–H groups in total. The maximum atomic E-state index is 12.5. The Balaban J connectivity index is 1.98. The summed E-state index contributed by atoms with van der Waals surface area (Å²) < 4.78 is 25.1. The second-order valence-corrected chi connectivity index (χ2v) is 7.45. The van der Waals surface area contributed by atoms with Gasteiger partial charge in [0.2, 0.25) is 9.84 Å². The lowest BCUT2D eigenvalue weighted by molar-refractivity contribution is 0.594. The summed E-state index contributed by atoms with van der Waals surface area (Å²) in [6.45, 7) is 1.97. The van der Waals surface area contributed by atoms with Gasteiger partial charge in [0.15, 0.2) is 9.67 Å². The van der Waals surface area contributed by atoms with Crippen LogP contribution in [0.5, 0.6) is 0 Å². The number of rotatable bonds is 3. The number of hydrogen-bond donors (Lipinski definition) is 2. The molecule has 0 bridgehead atoms. The van der Waals surface area contributed by atoms with Gasteiger partial charge in [-0.25, -0.2) is 8.42 Å². The van der Waals surface area contributed by atoms with E-state index in [-0.39, 0.29) is 14.6 Å². The van der Waals surface area contributed by atoms with Crippen molar-refractivity contribution in [3.05, 3.63) is 45.6 Å². The molecule has 1 aromatic heterocycles. The van der Waals surface area contributed by atoms with Crippen LogP contribution in [0, 0.1) is 4.77 Å². The SMILES string of the molecule is O=c1[nH]c(=S)[nH]cc1S(=O)(=O)c1ccc(N2CCCC2)cc1. The van der Waals surface area contributed by atoms with Crippen molar-refractivity contribution in [3.63, 3.8) is 0 Å². The minimum atomic E-state index is -3.87. The van der Waals surface area contributed by atoms with Crippen LogP contribution in [0.25, 0.3) is 0 Å². The largest absolute Gasteiger partial charge is 0.372 e. The number of nitrogens with zero attached hydrogens (tertiary/aromatic N) is 1. The molecule has 2 heterocycles. The fraction of sp³-hybridized carbons (Fsp3) is 0.286. The van der Waals surface area contributed by atoms with Crippen molar-refractivity contribution in [2.75, 3.05) is 18.0 Å². The van der Waals surface area contributed by atoms with Crippen molar-refractivity contribution < 1.29 is 8.42 Å². The first-order valence-corrected chi connectivity index (χ1v) is 8.80. The van der Waals surface area contributed by atoms with Gasteiger partial charge in [-0.15, -0.1) is 0 Å². The maximum Gasteiger partial charge on any atom is 0.270 e. The Kier molecular flexibility index (Phi) is 3.88. The third-order valence-electron chi connectivity index (χ3n) is 3.69. The van der Waals surface area contributed by atoms with E-state index < -0.39 is 15.4 Å². The average molecular weight is 337 g/mol. The molecule has 8 heteroatoms. The van der Waals surface area contributed by atoms with Crippen LogP contribution in [0.2, 0.25) is 0 Å². The molecule has 6 nitrogen and oxygen atoms in total. The lowest BCUT2D eigenvalue weighted by Crippen LogP contribution is -2.19. The van der Waals surface area contributed by atoms with E-state index in [1.54, 1.807) is 12.1 Å². The molecule has 1 saturated heterocycles. The Labute approximate surface area is 132 Å². The van der Waals surface area contributed by atoms with Crippen molar-refractivity contribution in [2.45, 2.75) is 22.6 Å². The molecule has 0 atom stereocenters. The number of benzene rings is 1. The summed E-state index contributed by atoms with van der Waals surface area (Å²) in [5.74, 6) is 0. The van der Waals surface area contributed by atoms with E-state index in [2.05, 4.69) is 14.9 Å². The van der Waals surface area contributed by atoms with E-state index in [4.69, 9.17) is 12.2 Å². The molecule has 1 fully saturated rings. The standard InChI is InChI=1S/C14H15N3O3S2/c18-13-12(9-15-14(21)16-13)22(19,20)11-5-3-10(4-6-11)17-7-1-2-8-17/h3-6,9H,1-2,7-8H2,(H2,15,16,18,21). The molecule has 116 valence electrons. The highest BCUT2D eigenvalue weighted by atomic mass is 32.2. The highest BCUT2D eigenvalue weighted by Gasteiger charge is 2.22. The molecule has 2 aromatic rings. The van der Waals surface area contributed by atoms with Gasteiger partial charge in [-0.05, 0) is 49.3 Å². The molecule has 0 radical (unpaired) electrons. The summed E-state index contributed by atoms with van der Waals surface area (Å²) in [6, 6.07) is 6.61. The molecular weight excluding hydrogens is 322 g/mol. The summed E-state index contributed by atoms with van der Waals surface area (Å²) in [5, 5.41) is 0. The van der Waals surface area contributed by atoms with Crippen molar-refractivity contribution >= 4 is 27.7 Å². The zero-order valence-electron chi connectivity index (χ0n) is 11.7. The second-order valence-electron chi connectivity index (χ2n) is 5.13. The Morgan fingerprint density at radius 3 is 2.32 bits per heavy atom. The van der Waals surface area contributed by atoms with Gasteiger partial charge in [0.25, 0.3) is 5.56 Å². The van der Waals surface area contributed by atoms with Crippen LogP contribution in [0.15, 0.2) is 45.0 Å². The lowest BCUT2D eigenvalue weighted by Gasteiger charge is -2.17. The Morgan fingerprint density at radius 2 is 1.73 bits per heavy atom. The first kappa shape index (κ1) is 15.0. The number of aromatic amines is 2. The van der Waals surface area contributed by atoms with E-state index in [0.29, 0.717) is 0 Å². The van der Waals surface area contributed by atoms with Crippen LogP contribution in [0.1, 0.15) is 12.8 Å². The lowest BCUT2D eigenvalue weighted by atomic mass is 10.3. The molecular formula is C14H15N3O3S2. The molecule has 0 saturated carbocycles. The van der Waals surface area contributed by atoms with Gasteiger partial charge in [-0.3, -0.25) is 9.78 Å². The van der Waals surface area contributed by atoms with Crippen LogP contribution in [-0.4, -0.2) is 31.5 Å². The zero-order valence-corrected chi connectivity index (χ0v) is 13.3. The summed E-state index contributed by atoms with van der Waals surface area (Å²) in [5.41, 5.74) is 0.283. The molecule has 1 aliphatic heterocycles. The number of H-pyrrole nitrogens is 2. The first-order chi connectivity index (χ1) is 10.5. The molecule has 1 aliphatic rings. The molecule has 0 aliphatic carbocycles. The average Bonchev–Trinajstić information content (AvgIpc) is 3.01. The highest BCUT2D eigenvalue weighted by Crippen LogP contribution is 2.24. The minimum Gasteiger partial charge on any atom is -0.372 e. The van der Waals surface area contributed by atoms with Gasteiger partial charge >= 0.3 is 0 Å². The van der Waals surface area contributed by atoms with Crippen LogP contribution < -0.4 is 10.5 Å². The highest BCUT2D eigenvalue weighted by molar-refractivity contribution is 7.91. The predicted molar refractivity (Wildman–Crippen MR) is 85.6 cm³/mol. The van der Waals surface area contributed by atoms with Crippen LogP contribution in [-0.2, 0) is 9.84 Å². The summed E-state index contributed by atoms with van der Waals surface area (Å²) in [6.07, 6.45) is 3.43. The van der Waals surface area contributed by atoms with E-state index in [0.717, 1.165) is 37.8 Å². The minimum absolute atomic E-state index is 0.0893. The molecule has 1 aromatic carbocycles. The second kappa shape index (κ2) is 5.69. The van der Waals surface area contributed by atoms with Gasteiger partial charge < -0.3 is 9.88 Å². The maximum absolute atomic E-state index is 12.5. The fourth-order valence-electron chi connectivity index (χ4n) is 2.54.